The van der Waals surface area contributed by atoms with Crippen molar-refractivity contribution in [2.75, 3.05) is 13.2 Å². The van der Waals surface area contributed by atoms with Gasteiger partial charge in [-0.05, 0) is 55.0 Å². The van der Waals surface area contributed by atoms with Gasteiger partial charge in [0.25, 0.3) is 5.91 Å². The predicted molar refractivity (Wildman–Crippen MR) is 104 cm³/mol. The smallest absolute Gasteiger partial charge is 0.344 e. The van der Waals surface area contributed by atoms with Gasteiger partial charge in [-0.15, -0.1) is 0 Å². The van der Waals surface area contributed by atoms with Gasteiger partial charge in [0.2, 0.25) is 0 Å². The quantitative estimate of drug-likeness (QED) is 0.717. The van der Waals surface area contributed by atoms with E-state index < -0.39 is 18.0 Å². The number of hydrogen-bond acceptors (Lipinski definition) is 5. The molecule has 28 heavy (non-hydrogen) atoms. The van der Waals surface area contributed by atoms with Gasteiger partial charge in [0.15, 0.2) is 12.7 Å². The van der Waals surface area contributed by atoms with Gasteiger partial charge in [0, 0.05) is 6.04 Å². The van der Waals surface area contributed by atoms with Crippen molar-refractivity contribution in [1.82, 2.24) is 5.32 Å². The topological polar surface area (TPSA) is 84.9 Å². The number of benzene rings is 2. The first-order valence-corrected chi connectivity index (χ1v) is 9.50. The maximum absolute atomic E-state index is 12.4. The second kappa shape index (κ2) is 9.37. The molecule has 2 aromatic rings. The Morgan fingerprint density at radius 2 is 1.96 bits per heavy atom. The van der Waals surface area contributed by atoms with Gasteiger partial charge in [-0.25, -0.2) is 4.79 Å². The fourth-order valence-electron chi connectivity index (χ4n) is 3.36. The van der Waals surface area contributed by atoms with Crippen molar-refractivity contribution >= 4 is 11.9 Å². The largest absolute Gasteiger partial charge is 0.482 e. The Balaban J connectivity index is 1.59. The number of nitrogens with one attached hydrogen (secondary N) is 1. The number of ether oxygens (including phenoxy) is 2. The van der Waals surface area contributed by atoms with Crippen molar-refractivity contribution in [2.45, 2.75) is 38.3 Å². The Labute approximate surface area is 164 Å². The maximum atomic E-state index is 12.4. The summed E-state index contributed by atoms with van der Waals surface area (Å²) in [5.41, 5.74) is 2.86. The van der Waals surface area contributed by atoms with Crippen LogP contribution in [-0.4, -0.2) is 36.2 Å². The molecular weight excluding hydrogens is 358 g/mol. The van der Waals surface area contributed by atoms with Crippen molar-refractivity contribution in [2.24, 2.45) is 0 Å². The SMILES string of the molecule is CCOC(=O)COc1ccc2c(c1)C[C@@H](NC(=O)C(O)c1ccccc1)CC2. The summed E-state index contributed by atoms with van der Waals surface area (Å²) in [5, 5.41) is 13.2. The Morgan fingerprint density at radius 1 is 1.18 bits per heavy atom. The van der Waals surface area contributed by atoms with Crippen LogP contribution in [0.2, 0.25) is 0 Å². The second-order valence-corrected chi connectivity index (χ2v) is 6.79. The van der Waals surface area contributed by atoms with Crippen LogP contribution in [0.4, 0.5) is 0 Å². The van der Waals surface area contributed by atoms with Gasteiger partial charge in [-0.1, -0.05) is 36.4 Å². The van der Waals surface area contributed by atoms with E-state index in [2.05, 4.69) is 5.32 Å². The van der Waals surface area contributed by atoms with E-state index in [1.165, 1.54) is 5.56 Å². The van der Waals surface area contributed by atoms with Crippen molar-refractivity contribution < 1.29 is 24.2 Å². The molecule has 0 bridgehead atoms. The van der Waals surface area contributed by atoms with Gasteiger partial charge >= 0.3 is 5.97 Å². The van der Waals surface area contributed by atoms with Crippen LogP contribution >= 0.6 is 0 Å². The molecule has 0 radical (unpaired) electrons. The van der Waals surface area contributed by atoms with Crippen LogP contribution in [0, 0.1) is 0 Å². The van der Waals surface area contributed by atoms with E-state index in [0.717, 1.165) is 18.4 Å². The Morgan fingerprint density at radius 3 is 2.71 bits per heavy atom. The highest BCUT2D eigenvalue weighted by molar-refractivity contribution is 5.82. The summed E-state index contributed by atoms with van der Waals surface area (Å²) in [6.07, 6.45) is 1.12. The van der Waals surface area contributed by atoms with Crippen LogP contribution in [0.25, 0.3) is 0 Å². The number of aliphatic hydroxyl groups excluding tert-OH is 1. The van der Waals surface area contributed by atoms with Crippen LogP contribution in [-0.2, 0) is 27.2 Å². The molecule has 6 nitrogen and oxygen atoms in total. The minimum absolute atomic E-state index is 0.0568. The van der Waals surface area contributed by atoms with Gasteiger partial charge in [-0.3, -0.25) is 4.79 Å². The number of rotatable bonds is 7. The number of fused-ring (bicyclic) bond motifs is 1. The van der Waals surface area contributed by atoms with E-state index in [4.69, 9.17) is 9.47 Å². The molecule has 1 aliphatic rings. The molecule has 0 saturated heterocycles. The second-order valence-electron chi connectivity index (χ2n) is 6.79. The van der Waals surface area contributed by atoms with Crippen molar-refractivity contribution in [3.05, 3.63) is 65.2 Å². The molecule has 2 atom stereocenters. The zero-order chi connectivity index (χ0) is 19.9. The van der Waals surface area contributed by atoms with E-state index in [-0.39, 0.29) is 12.6 Å². The lowest BCUT2D eigenvalue weighted by Gasteiger charge is -2.27. The Hall–Kier alpha value is -2.86. The Kier molecular flexibility index (Phi) is 6.66. The first kappa shape index (κ1) is 19.9. The van der Waals surface area contributed by atoms with Crippen molar-refractivity contribution in [3.63, 3.8) is 0 Å². The van der Waals surface area contributed by atoms with Crippen LogP contribution in [0.5, 0.6) is 5.75 Å². The van der Waals surface area contributed by atoms with Gasteiger partial charge in [0.05, 0.1) is 6.61 Å². The lowest BCUT2D eigenvalue weighted by atomic mass is 9.88. The van der Waals surface area contributed by atoms with E-state index in [0.29, 0.717) is 24.3 Å². The minimum atomic E-state index is -1.18. The van der Waals surface area contributed by atoms with E-state index in [1.54, 1.807) is 31.2 Å². The first-order valence-electron chi connectivity index (χ1n) is 9.50. The van der Waals surface area contributed by atoms with Gasteiger partial charge in [0.1, 0.15) is 5.75 Å². The van der Waals surface area contributed by atoms with Crippen LogP contribution in [0.15, 0.2) is 48.5 Å². The number of carbonyl (C=O) groups is 2. The van der Waals surface area contributed by atoms with Crippen LogP contribution < -0.4 is 10.1 Å². The molecule has 6 heteroatoms. The summed E-state index contributed by atoms with van der Waals surface area (Å²) >= 11 is 0. The molecule has 0 spiro atoms. The summed E-state index contributed by atoms with van der Waals surface area (Å²) in [7, 11) is 0. The summed E-state index contributed by atoms with van der Waals surface area (Å²) in [6, 6.07) is 14.6. The molecule has 2 aromatic carbocycles. The fraction of sp³-hybridized carbons (Fsp3) is 0.364. The van der Waals surface area contributed by atoms with E-state index >= 15 is 0 Å². The van der Waals surface area contributed by atoms with Gasteiger partial charge in [-0.2, -0.15) is 0 Å². The van der Waals surface area contributed by atoms with E-state index in [9.17, 15) is 14.7 Å². The lowest BCUT2D eigenvalue weighted by molar-refractivity contribution is -0.145. The minimum Gasteiger partial charge on any atom is -0.482 e. The zero-order valence-corrected chi connectivity index (χ0v) is 15.9. The summed E-state index contributed by atoms with van der Waals surface area (Å²) in [5.74, 6) is -0.197. The van der Waals surface area contributed by atoms with Crippen LogP contribution in [0.1, 0.15) is 36.1 Å². The highest BCUT2D eigenvalue weighted by Crippen LogP contribution is 2.26. The fourth-order valence-corrected chi connectivity index (χ4v) is 3.36. The molecule has 0 fully saturated rings. The molecule has 1 aliphatic carbocycles. The molecule has 0 saturated carbocycles. The molecule has 0 heterocycles. The number of esters is 1. The average molecular weight is 383 g/mol. The van der Waals surface area contributed by atoms with Crippen LogP contribution in [0.3, 0.4) is 0 Å². The first-order chi connectivity index (χ1) is 13.6. The third-order valence-corrected chi connectivity index (χ3v) is 4.78. The average Bonchev–Trinajstić information content (AvgIpc) is 2.72. The molecule has 148 valence electrons. The summed E-state index contributed by atoms with van der Waals surface area (Å²) < 4.78 is 10.4. The molecule has 1 amide bonds. The summed E-state index contributed by atoms with van der Waals surface area (Å²) in [6.45, 7) is 1.94. The van der Waals surface area contributed by atoms with Gasteiger partial charge < -0.3 is 19.9 Å². The number of aliphatic hydroxyl groups is 1. The third-order valence-electron chi connectivity index (χ3n) is 4.78. The predicted octanol–water partition coefficient (Wildman–Crippen LogP) is 2.34. The zero-order valence-electron chi connectivity index (χ0n) is 15.9. The molecule has 1 unspecified atom stereocenters. The normalized spacial score (nSPS) is 16.6. The highest BCUT2D eigenvalue weighted by atomic mass is 16.6. The number of carbonyl (C=O) groups excluding carboxylic acids is 2. The standard InChI is InChI=1S/C22H25NO5/c1-2-27-20(24)14-28-19-11-9-15-8-10-18(12-17(15)13-19)23-22(26)21(25)16-6-4-3-5-7-16/h3-7,9,11,13,18,21,25H,2,8,10,12,14H2,1H3,(H,23,26)/t18-,21?/m0/s1. The molecule has 2 N–H and O–H groups in total. The number of aryl methyl sites for hydroxylation is 1. The van der Waals surface area contributed by atoms with Crippen molar-refractivity contribution in [3.8, 4) is 5.75 Å². The molecule has 0 aromatic heterocycles. The lowest BCUT2D eigenvalue weighted by Crippen LogP contribution is -2.41. The van der Waals surface area contributed by atoms with Crippen molar-refractivity contribution in [1.29, 1.82) is 0 Å². The third kappa shape index (κ3) is 5.10. The van der Waals surface area contributed by atoms with E-state index in [1.807, 2.05) is 24.3 Å². The monoisotopic (exact) mass is 383 g/mol. The number of hydrogen-bond donors (Lipinski definition) is 2. The number of amides is 1. The summed E-state index contributed by atoms with van der Waals surface area (Å²) in [4.78, 5) is 23.8. The molecule has 0 aliphatic heterocycles. The highest BCUT2D eigenvalue weighted by Gasteiger charge is 2.24. The molecule has 3 rings (SSSR count). The maximum Gasteiger partial charge on any atom is 0.344 e. The Bertz CT molecular complexity index is 821. The molecular formula is C22H25NO5.